The molecule has 0 aliphatic carbocycles. The van der Waals surface area contributed by atoms with Crippen LogP contribution in [0.4, 0.5) is 0 Å². The average molecular weight is 541 g/mol. The molecule has 0 fully saturated rings. The monoisotopic (exact) mass is 540 g/mol. The summed E-state index contributed by atoms with van der Waals surface area (Å²) in [4.78, 5) is 5.40. The van der Waals surface area contributed by atoms with Crippen LogP contribution in [0.3, 0.4) is 0 Å². The topological polar surface area (TPSA) is 0 Å². The van der Waals surface area contributed by atoms with E-state index in [-0.39, 0.29) is 0 Å². The van der Waals surface area contributed by atoms with Crippen LogP contribution in [0.15, 0.2) is 65.4 Å². The number of hydrogen-bond acceptors (Lipinski definition) is 8. The van der Waals surface area contributed by atoms with Gasteiger partial charge in [-0.15, -0.1) is 92.4 Å². The Bertz CT molecular complexity index is 974. The van der Waals surface area contributed by atoms with Gasteiger partial charge in [0.05, 0.1) is 16.8 Å². The van der Waals surface area contributed by atoms with Crippen molar-refractivity contribution in [2.75, 3.05) is 25.0 Å². The molecule has 8 heteroatoms. The number of hydrogen-bond donors (Lipinski definition) is 0. The Balaban J connectivity index is 2.02. The Labute approximate surface area is 211 Å². The highest BCUT2D eigenvalue weighted by Crippen LogP contribution is 2.47. The smallest absolute Gasteiger partial charge is 0.0602 e. The molecule has 156 valence electrons. The van der Waals surface area contributed by atoms with E-state index in [4.69, 9.17) is 0 Å². The van der Waals surface area contributed by atoms with Crippen LogP contribution in [0, 0.1) is 0 Å². The standard InChI is InChI=1S/C22H20S8/c1-23-17-9-5-13(27-17)21(14-6-10-18(24-2)28-14)22(15-7-11-19(25-3)29-15)16-8-12-20(26-4)30-16/h5-12H,1-4H3. The first-order valence-corrected chi connectivity index (χ1v) is 17.1. The van der Waals surface area contributed by atoms with Gasteiger partial charge < -0.3 is 0 Å². The fourth-order valence-corrected chi connectivity index (χ4v) is 9.56. The molecule has 0 aromatic carbocycles. The highest BCUT2D eigenvalue weighted by atomic mass is 32.2. The van der Waals surface area contributed by atoms with Crippen LogP contribution >= 0.6 is 92.4 Å². The zero-order chi connectivity index (χ0) is 21.1. The molecule has 0 aliphatic rings. The molecule has 0 saturated carbocycles. The second-order valence-electron chi connectivity index (χ2n) is 6.04. The largest absolute Gasteiger partial charge is 0.129 e. The molecular formula is C22H20S8. The maximum atomic E-state index is 2.30. The Morgan fingerprint density at radius 1 is 0.433 bits per heavy atom. The SMILES string of the molecule is CSc1ccc(C(=C(c2ccc(SC)s2)c2ccc(SC)s2)c2ccc(SC)s2)s1. The van der Waals surface area contributed by atoms with Gasteiger partial charge in [-0.3, -0.25) is 0 Å². The van der Waals surface area contributed by atoms with Crippen molar-refractivity contribution in [3.63, 3.8) is 0 Å². The molecule has 0 aliphatic heterocycles. The summed E-state index contributed by atoms with van der Waals surface area (Å²) in [6, 6.07) is 18.2. The predicted octanol–water partition coefficient (Wildman–Crippen LogP) is 9.83. The number of rotatable bonds is 8. The van der Waals surface area contributed by atoms with Crippen LogP contribution in [0.5, 0.6) is 0 Å². The summed E-state index contributed by atoms with van der Waals surface area (Å²) in [5.41, 5.74) is 2.74. The quantitative estimate of drug-likeness (QED) is 0.204. The van der Waals surface area contributed by atoms with Gasteiger partial charge in [-0.05, 0) is 73.6 Å². The van der Waals surface area contributed by atoms with Crippen molar-refractivity contribution in [3.05, 3.63) is 68.0 Å². The third-order valence-corrected chi connectivity index (χ3v) is 13.1. The Morgan fingerprint density at radius 2 is 0.667 bits per heavy atom. The van der Waals surface area contributed by atoms with Crippen LogP contribution in [0.1, 0.15) is 19.5 Å². The van der Waals surface area contributed by atoms with Gasteiger partial charge in [0.1, 0.15) is 0 Å². The minimum Gasteiger partial charge on any atom is -0.129 e. The lowest BCUT2D eigenvalue weighted by Crippen LogP contribution is -1.90. The third kappa shape index (κ3) is 4.96. The van der Waals surface area contributed by atoms with E-state index >= 15 is 0 Å². The van der Waals surface area contributed by atoms with Gasteiger partial charge in [0, 0.05) is 30.7 Å². The van der Waals surface area contributed by atoms with E-state index in [1.807, 2.05) is 92.4 Å². The van der Waals surface area contributed by atoms with Gasteiger partial charge in [-0.2, -0.15) is 0 Å². The van der Waals surface area contributed by atoms with Crippen LogP contribution in [0.25, 0.3) is 11.1 Å². The van der Waals surface area contributed by atoms with Crippen molar-refractivity contribution in [2.45, 2.75) is 16.8 Å². The summed E-state index contributed by atoms with van der Waals surface area (Å²) >= 11 is 14.9. The summed E-state index contributed by atoms with van der Waals surface area (Å²) in [5, 5.41) is 0. The van der Waals surface area contributed by atoms with E-state index in [0.29, 0.717) is 0 Å². The lowest BCUT2D eigenvalue weighted by Gasteiger charge is -2.12. The lowest BCUT2D eigenvalue weighted by molar-refractivity contribution is 1.68. The molecule has 4 aromatic heterocycles. The van der Waals surface area contributed by atoms with E-state index in [1.54, 1.807) is 0 Å². The predicted molar refractivity (Wildman–Crippen MR) is 149 cm³/mol. The van der Waals surface area contributed by atoms with Crippen molar-refractivity contribution in [3.8, 4) is 0 Å². The summed E-state index contributed by atoms with van der Waals surface area (Å²) < 4.78 is 5.43. The third-order valence-electron chi connectivity index (χ3n) is 4.37. The summed E-state index contributed by atoms with van der Waals surface area (Å²) in [7, 11) is 0. The van der Waals surface area contributed by atoms with Gasteiger partial charge in [-0.25, -0.2) is 0 Å². The van der Waals surface area contributed by atoms with E-state index in [9.17, 15) is 0 Å². The Kier molecular flexibility index (Phi) is 8.25. The van der Waals surface area contributed by atoms with Crippen LogP contribution < -0.4 is 0 Å². The van der Waals surface area contributed by atoms with Crippen LogP contribution in [-0.2, 0) is 0 Å². The molecule has 0 amide bonds. The number of thiophene rings is 4. The first kappa shape index (κ1) is 23.1. The molecule has 0 bridgehead atoms. The van der Waals surface area contributed by atoms with Gasteiger partial charge in [0.15, 0.2) is 0 Å². The maximum Gasteiger partial charge on any atom is 0.0602 e. The van der Waals surface area contributed by atoms with Crippen LogP contribution in [0.2, 0.25) is 0 Å². The minimum absolute atomic E-state index is 1.35. The van der Waals surface area contributed by atoms with Crippen molar-refractivity contribution in [2.24, 2.45) is 0 Å². The van der Waals surface area contributed by atoms with E-state index in [0.717, 1.165) is 0 Å². The molecule has 0 N–H and O–H groups in total. The Hall–Kier alpha value is -0.0600. The highest BCUT2D eigenvalue weighted by molar-refractivity contribution is 8.01. The average Bonchev–Trinajstić information content (AvgIpc) is 3.57. The molecule has 0 atom stereocenters. The van der Waals surface area contributed by atoms with Crippen molar-refractivity contribution in [1.29, 1.82) is 0 Å². The second-order valence-corrected chi connectivity index (χ2v) is 14.8. The highest BCUT2D eigenvalue weighted by Gasteiger charge is 2.22. The van der Waals surface area contributed by atoms with E-state index < -0.39 is 0 Å². The summed E-state index contributed by atoms with van der Waals surface area (Å²) in [6.45, 7) is 0. The fourth-order valence-electron chi connectivity index (χ4n) is 2.99. The van der Waals surface area contributed by atoms with Gasteiger partial charge in [0.2, 0.25) is 0 Å². The molecule has 30 heavy (non-hydrogen) atoms. The molecule has 0 spiro atoms. The van der Waals surface area contributed by atoms with Crippen molar-refractivity contribution >= 4 is 104 Å². The molecule has 0 unspecified atom stereocenters. The maximum absolute atomic E-state index is 2.30. The van der Waals surface area contributed by atoms with E-state index in [2.05, 4.69) is 73.6 Å². The van der Waals surface area contributed by atoms with Crippen molar-refractivity contribution in [1.82, 2.24) is 0 Å². The Morgan fingerprint density at radius 3 is 0.833 bits per heavy atom. The normalized spacial score (nSPS) is 11.2. The molecule has 4 rings (SSSR count). The second kappa shape index (κ2) is 10.7. The first-order valence-electron chi connectivity index (χ1n) is 8.98. The first-order chi connectivity index (χ1) is 14.7. The number of thioether (sulfide) groups is 4. The molecule has 4 heterocycles. The molecular weight excluding hydrogens is 521 g/mol. The summed E-state index contributed by atoms with van der Waals surface area (Å²) in [5.74, 6) is 0. The zero-order valence-electron chi connectivity index (χ0n) is 16.9. The molecule has 4 aromatic rings. The van der Waals surface area contributed by atoms with Gasteiger partial charge in [-0.1, -0.05) is 0 Å². The van der Waals surface area contributed by atoms with E-state index in [1.165, 1.54) is 47.5 Å². The van der Waals surface area contributed by atoms with Crippen molar-refractivity contribution < 1.29 is 0 Å². The van der Waals surface area contributed by atoms with Gasteiger partial charge >= 0.3 is 0 Å². The van der Waals surface area contributed by atoms with Gasteiger partial charge in [0.25, 0.3) is 0 Å². The molecule has 0 saturated heterocycles. The fraction of sp³-hybridized carbons (Fsp3) is 0.182. The minimum atomic E-state index is 1.35. The lowest BCUT2D eigenvalue weighted by atomic mass is 10.0. The van der Waals surface area contributed by atoms with Crippen LogP contribution in [-0.4, -0.2) is 25.0 Å². The summed E-state index contributed by atoms with van der Waals surface area (Å²) in [6.07, 6.45) is 8.63. The molecule has 0 radical (unpaired) electrons. The zero-order valence-corrected chi connectivity index (χ0v) is 23.4. The molecule has 0 nitrogen and oxygen atoms in total.